The van der Waals surface area contributed by atoms with E-state index < -0.39 is 5.91 Å². The summed E-state index contributed by atoms with van der Waals surface area (Å²) in [4.78, 5) is 32.9. The van der Waals surface area contributed by atoms with Gasteiger partial charge in [-0.05, 0) is 29.0 Å². The summed E-state index contributed by atoms with van der Waals surface area (Å²) in [5, 5.41) is 19.2. The number of tetrazole rings is 1. The number of carbonyl (C=O) groups excluding carboxylic acids is 2. The van der Waals surface area contributed by atoms with Gasteiger partial charge in [0.25, 0.3) is 11.8 Å². The number of benzene rings is 2. The summed E-state index contributed by atoms with van der Waals surface area (Å²) in [6, 6.07) is 15.5. The SMILES string of the molecule is COc1cccc(C(=O)Nc2cc(C(=O)NCc3ccc(-c4nn[nH]n4)cc3)ncn2)c1. The van der Waals surface area contributed by atoms with Crippen LogP contribution in [0.15, 0.2) is 60.9 Å². The highest BCUT2D eigenvalue weighted by Crippen LogP contribution is 2.15. The van der Waals surface area contributed by atoms with Crippen LogP contribution in [0.1, 0.15) is 26.4 Å². The summed E-state index contributed by atoms with van der Waals surface area (Å²) in [5.74, 6) is 0.487. The summed E-state index contributed by atoms with van der Waals surface area (Å²) in [7, 11) is 1.52. The zero-order valence-electron chi connectivity index (χ0n) is 16.9. The standard InChI is InChI=1S/C21H18N8O3/c1-32-16-4-2-3-15(9-16)20(30)25-18-10-17(23-12-24-18)21(31)22-11-13-5-7-14(8-6-13)19-26-28-29-27-19/h2-10,12H,11H2,1H3,(H,22,31)(H,23,24,25,30)(H,26,27,28,29). The van der Waals surface area contributed by atoms with Crippen molar-refractivity contribution in [1.29, 1.82) is 0 Å². The van der Waals surface area contributed by atoms with E-state index in [2.05, 4.69) is 41.2 Å². The van der Waals surface area contributed by atoms with Crippen LogP contribution in [0, 0.1) is 0 Å². The number of H-pyrrole nitrogens is 1. The van der Waals surface area contributed by atoms with Crippen molar-refractivity contribution in [2.24, 2.45) is 0 Å². The Hall–Kier alpha value is -4.67. The minimum absolute atomic E-state index is 0.129. The molecule has 0 radical (unpaired) electrons. The van der Waals surface area contributed by atoms with Crippen molar-refractivity contribution in [2.75, 3.05) is 12.4 Å². The molecule has 0 atom stereocenters. The Labute approximate surface area is 182 Å². The molecule has 0 unspecified atom stereocenters. The Morgan fingerprint density at radius 1 is 1.03 bits per heavy atom. The van der Waals surface area contributed by atoms with E-state index >= 15 is 0 Å². The van der Waals surface area contributed by atoms with Gasteiger partial charge in [-0.1, -0.05) is 30.3 Å². The van der Waals surface area contributed by atoms with Crippen LogP contribution in [0.25, 0.3) is 11.4 Å². The molecule has 11 heteroatoms. The van der Waals surface area contributed by atoms with E-state index in [1.807, 2.05) is 24.3 Å². The van der Waals surface area contributed by atoms with Crippen molar-refractivity contribution < 1.29 is 14.3 Å². The Kier molecular flexibility index (Phi) is 6.07. The summed E-state index contributed by atoms with van der Waals surface area (Å²) >= 11 is 0. The number of ether oxygens (including phenoxy) is 1. The van der Waals surface area contributed by atoms with Gasteiger partial charge in [0, 0.05) is 23.7 Å². The summed E-state index contributed by atoms with van der Waals surface area (Å²) in [5.41, 5.74) is 2.22. The van der Waals surface area contributed by atoms with E-state index in [1.54, 1.807) is 24.3 Å². The van der Waals surface area contributed by atoms with Crippen molar-refractivity contribution in [1.82, 2.24) is 35.9 Å². The molecule has 0 saturated heterocycles. The molecule has 4 aromatic rings. The first-order chi connectivity index (χ1) is 15.6. The lowest BCUT2D eigenvalue weighted by Crippen LogP contribution is -2.24. The number of anilines is 1. The molecule has 2 aromatic carbocycles. The minimum atomic E-state index is -0.397. The first-order valence-electron chi connectivity index (χ1n) is 9.51. The predicted molar refractivity (Wildman–Crippen MR) is 114 cm³/mol. The lowest BCUT2D eigenvalue weighted by Gasteiger charge is -2.08. The maximum Gasteiger partial charge on any atom is 0.270 e. The predicted octanol–water partition coefficient (Wildman–Crippen LogP) is 1.85. The van der Waals surface area contributed by atoms with Crippen LogP contribution in [0.4, 0.5) is 5.82 Å². The van der Waals surface area contributed by atoms with Crippen molar-refractivity contribution in [3.05, 3.63) is 77.7 Å². The number of methoxy groups -OCH3 is 1. The molecule has 0 aliphatic heterocycles. The Morgan fingerprint density at radius 3 is 2.62 bits per heavy atom. The number of rotatable bonds is 7. The second-order valence-corrected chi connectivity index (χ2v) is 6.59. The Morgan fingerprint density at radius 2 is 1.88 bits per heavy atom. The molecule has 0 bridgehead atoms. The van der Waals surface area contributed by atoms with Crippen LogP contribution >= 0.6 is 0 Å². The van der Waals surface area contributed by atoms with Gasteiger partial charge in [-0.15, -0.1) is 10.2 Å². The van der Waals surface area contributed by atoms with E-state index in [0.29, 0.717) is 23.7 Å². The highest BCUT2D eigenvalue weighted by atomic mass is 16.5. The van der Waals surface area contributed by atoms with E-state index in [4.69, 9.17) is 4.74 Å². The molecule has 0 saturated carbocycles. The van der Waals surface area contributed by atoms with Crippen LogP contribution in [0.5, 0.6) is 5.75 Å². The number of aromatic nitrogens is 6. The van der Waals surface area contributed by atoms with Gasteiger partial charge in [0.15, 0.2) is 0 Å². The second kappa shape index (κ2) is 9.43. The van der Waals surface area contributed by atoms with Crippen LogP contribution in [-0.4, -0.2) is 49.5 Å². The van der Waals surface area contributed by atoms with E-state index in [0.717, 1.165) is 11.1 Å². The van der Waals surface area contributed by atoms with Gasteiger partial charge in [-0.25, -0.2) is 9.97 Å². The zero-order chi connectivity index (χ0) is 22.3. The second-order valence-electron chi connectivity index (χ2n) is 6.59. The van der Waals surface area contributed by atoms with Crippen LogP contribution in [0.2, 0.25) is 0 Å². The first-order valence-corrected chi connectivity index (χ1v) is 9.51. The third-order valence-corrected chi connectivity index (χ3v) is 4.48. The maximum atomic E-state index is 12.5. The smallest absolute Gasteiger partial charge is 0.270 e. The van der Waals surface area contributed by atoms with E-state index in [-0.39, 0.29) is 17.4 Å². The van der Waals surface area contributed by atoms with Gasteiger partial charge < -0.3 is 15.4 Å². The highest BCUT2D eigenvalue weighted by molar-refractivity contribution is 6.04. The number of hydrogen-bond acceptors (Lipinski definition) is 8. The number of hydrogen-bond donors (Lipinski definition) is 3. The molecule has 160 valence electrons. The van der Waals surface area contributed by atoms with Crippen molar-refractivity contribution in [3.8, 4) is 17.1 Å². The molecule has 2 heterocycles. The van der Waals surface area contributed by atoms with Gasteiger partial charge >= 0.3 is 0 Å². The van der Waals surface area contributed by atoms with Crippen LogP contribution in [-0.2, 0) is 6.54 Å². The minimum Gasteiger partial charge on any atom is -0.497 e. The van der Waals surface area contributed by atoms with E-state index in [1.165, 1.54) is 19.5 Å². The normalized spacial score (nSPS) is 10.4. The molecular weight excluding hydrogens is 412 g/mol. The molecule has 0 spiro atoms. The van der Waals surface area contributed by atoms with Crippen molar-refractivity contribution in [3.63, 3.8) is 0 Å². The topological polar surface area (TPSA) is 148 Å². The van der Waals surface area contributed by atoms with Gasteiger partial charge in [0.2, 0.25) is 5.82 Å². The number of carbonyl (C=O) groups is 2. The number of nitrogens with zero attached hydrogens (tertiary/aromatic N) is 5. The Bertz CT molecular complexity index is 1230. The molecule has 0 aliphatic carbocycles. The molecule has 11 nitrogen and oxygen atoms in total. The lowest BCUT2D eigenvalue weighted by molar-refractivity contribution is 0.0944. The fraction of sp³-hybridized carbons (Fsp3) is 0.0952. The van der Waals surface area contributed by atoms with Crippen molar-refractivity contribution in [2.45, 2.75) is 6.54 Å². The van der Waals surface area contributed by atoms with E-state index in [9.17, 15) is 9.59 Å². The van der Waals surface area contributed by atoms with Gasteiger partial charge in [-0.3, -0.25) is 9.59 Å². The molecule has 0 aliphatic rings. The van der Waals surface area contributed by atoms with Gasteiger partial charge in [0.05, 0.1) is 7.11 Å². The van der Waals surface area contributed by atoms with Crippen LogP contribution in [0.3, 0.4) is 0 Å². The summed E-state index contributed by atoms with van der Waals surface area (Å²) in [6.45, 7) is 0.293. The third kappa shape index (κ3) is 4.90. The molecule has 3 N–H and O–H groups in total. The molecule has 4 rings (SSSR count). The highest BCUT2D eigenvalue weighted by Gasteiger charge is 2.12. The Balaban J connectivity index is 1.37. The van der Waals surface area contributed by atoms with Gasteiger partial charge in [0.1, 0.15) is 23.6 Å². The summed E-state index contributed by atoms with van der Waals surface area (Å²) in [6.07, 6.45) is 1.22. The number of nitrogens with one attached hydrogen (secondary N) is 3. The fourth-order valence-corrected chi connectivity index (χ4v) is 2.83. The average Bonchev–Trinajstić information content (AvgIpc) is 3.38. The maximum absolute atomic E-state index is 12.5. The van der Waals surface area contributed by atoms with Gasteiger partial charge in [-0.2, -0.15) is 5.21 Å². The molecule has 2 amide bonds. The monoisotopic (exact) mass is 430 g/mol. The number of aromatic amines is 1. The molecular formula is C21H18N8O3. The lowest BCUT2D eigenvalue weighted by atomic mass is 10.1. The summed E-state index contributed by atoms with van der Waals surface area (Å²) < 4.78 is 5.13. The molecule has 2 aromatic heterocycles. The largest absolute Gasteiger partial charge is 0.497 e. The zero-order valence-corrected chi connectivity index (χ0v) is 16.9. The third-order valence-electron chi connectivity index (χ3n) is 4.48. The quantitative estimate of drug-likeness (QED) is 0.402. The number of amides is 2. The van der Waals surface area contributed by atoms with Crippen LogP contribution < -0.4 is 15.4 Å². The van der Waals surface area contributed by atoms with Crippen molar-refractivity contribution >= 4 is 17.6 Å². The molecule has 0 fully saturated rings. The average molecular weight is 430 g/mol. The fourth-order valence-electron chi connectivity index (χ4n) is 2.83. The molecule has 32 heavy (non-hydrogen) atoms. The first kappa shape index (κ1) is 20.6.